The molecule has 2 heterocycles. The second-order valence-corrected chi connectivity index (χ2v) is 4.84. The van der Waals surface area contributed by atoms with Crippen LogP contribution in [0, 0.1) is 6.92 Å². The number of rotatable bonds is 5. The van der Waals surface area contributed by atoms with Gasteiger partial charge in [0.2, 0.25) is 0 Å². The van der Waals surface area contributed by atoms with Gasteiger partial charge < -0.3 is 14.9 Å². The van der Waals surface area contributed by atoms with Gasteiger partial charge in [0.1, 0.15) is 16.3 Å². The summed E-state index contributed by atoms with van der Waals surface area (Å²) in [5, 5.41) is 16.0. The number of hydrogen-bond acceptors (Lipinski definition) is 7. The van der Waals surface area contributed by atoms with Gasteiger partial charge in [-0.05, 0) is 6.92 Å². The summed E-state index contributed by atoms with van der Waals surface area (Å²) in [7, 11) is 0. The molecule has 0 fully saturated rings. The molecule has 0 bridgehead atoms. The molecule has 19 heavy (non-hydrogen) atoms. The topological polar surface area (TPSA) is 105 Å². The first-order valence-electron chi connectivity index (χ1n) is 5.38. The number of aromatic nitrogens is 2. The number of carbonyl (C=O) groups excluding carboxylic acids is 1. The Bertz CT molecular complexity index is 600. The monoisotopic (exact) mass is 281 g/mol. The molecule has 8 heteroatoms. The maximum Gasteiger partial charge on any atom is 0.356 e. The van der Waals surface area contributed by atoms with Crippen molar-refractivity contribution in [3.05, 3.63) is 28.1 Å². The first-order chi connectivity index (χ1) is 8.97. The molecule has 0 spiro atoms. The number of anilines is 1. The summed E-state index contributed by atoms with van der Waals surface area (Å²) in [6.07, 6.45) is 0. The smallest absolute Gasteiger partial charge is 0.356 e. The fraction of sp³-hybridized carbons (Fsp3) is 0.273. The minimum absolute atomic E-state index is 0.131. The number of nitrogens with one attached hydrogen (secondary N) is 1. The van der Waals surface area contributed by atoms with E-state index in [-0.39, 0.29) is 16.4 Å². The van der Waals surface area contributed by atoms with Crippen LogP contribution in [0.4, 0.5) is 5.13 Å². The maximum absolute atomic E-state index is 11.3. The van der Waals surface area contributed by atoms with Crippen molar-refractivity contribution < 1.29 is 19.2 Å². The van der Waals surface area contributed by atoms with Gasteiger partial charge in [0.05, 0.1) is 6.54 Å². The standard InChI is InChI=1S/C11H11N3O4S/c1-5-3-7(14-18-5)4-12-11-13-8(10(16)17)9(19-11)6(2)15/h3H,4H2,1-2H3,(H,12,13)(H,16,17). The highest BCUT2D eigenvalue weighted by Crippen LogP contribution is 2.24. The molecular weight excluding hydrogens is 270 g/mol. The molecule has 0 aliphatic rings. The minimum atomic E-state index is -1.22. The zero-order valence-electron chi connectivity index (χ0n) is 10.3. The molecule has 0 saturated heterocycles. The number of ketones is 1. The summed E-state index contributed by atoms with van der Waals surface area (Å²) in [6, 6.07) is 1.75. The van der Waals surface area contributed by atoms with Crippen molar-refractivity contribution in [3.8, 4) is 0 Å². The van der Waals surface area contributed by atoms with Crippen LogP contribution in [0.15, 0.2) is 10.6 Å². The Kier molecular flexibility index (Phi) is 3.61. The van der Waals surface area contributed by atoms with E-state index in [1.54, 1.807) is 13.0 Å². The number of nitrogens with zero attached hydrogens (tertiary/aromatic N) is 2. The van der Waals surface area contributed by atoms with Crippen LogP contribution in [-0.4, -0.2) is 27.0 Å². The zero-order valence-corrected chi connectivity index (χ0v) is 11.1. The fourth-order valence-electron chi connectivity index (χ4n) is 1.45. The maximum atomic E-state index is 11.3. The summed E-state index contributed by atoms with van der Waals surface area (Å²) in [6.45, 7) is 3.43. The Balaban J connectivity index is 2.15. The predicted octanol–water partition coefficient (Wildman–Crippen LogP) is 1.95. The summed E-state index contributed by atoms with van der Waals surface area (Å²) < 4.78 is 4.90. The van der Waals surface area contributed by atoms with E-state index in [9.17, 15) is 9.59 Å². The van der Waals surface area contributed by atoms with Crippen LogP contribution in [0.5, 0.6) is 0 Å². The normalized spacial score (nSPS) is 10.4. The number of hydrogen-bond donors (Lipinski definition) is 2. The van der Waals surface area contributed by atoms with E-state index in [1.165, 1.54) is 6.92 Å². The van der Waals surface area contributed by atoms with Crippen LogP contribution >= 0.6 is 11.3 Å². The van der Waals surface area contributed by atoms with E-state index < -0.39 is 5.97 Å². The molecule has 0 aliphatic carbocycles. The Labute approximate surface area is 112 Å². The first-order valence-corrected chi connectivity index (χ1v) is 6.20. The van der Waals surface area contributed by atoms with Gasteiger partial charge in [-0.3, -0.25) is 4.79 Å². The number of carbonyl (C=O) groups is 2. The molecular formula is C11H11N3O4S. The lowest BCUT2D eigenvalue weighted by molar-refractivity contribution is 0.0687. The third kappa shape index (κ3) is 2.97. The summed E-state index contributed by atoms with van der Waals surface area (Å²) in [5.41, 5.74) is 0.449. The fourth-order valence-corrected chi connectivity index (χ4v) is 2.29. The SMILES string of the molecule is CC(=O)c1sc(NCc2cc(C)on2)nc1C(=O)O. The van der Waals surface area contributed by atoms with Crippen molar-refractivity contribution >= 4 is 28.2 Å². The number of carboxylic acid groups (broad SMARTS) is 1. The Morgan fingerprint density at radius 3 is 2.74 bits per heavy atom. The van der Waals surface area contributed by atoms with E-state index in [2.05, 4.69) is 15.5 Å². The number of aryl methyl sites for hydroxylation is 1. The average molecular weight is 281 g/mol. The highest BCUT2D eigenvalue weighted by atomic mass is 32.1. The largest absolute Gasteiger partial charge is 0.476 e. The van der Waals surface area contributed by atoms with E-state index in [0.717, 1.165) is 11.3 Å². The quantitative estimate of drug-likeness (QED) is 0.807. The first kappa shape index (κ1) is 13.2. The van der Waals surface area contributed by atoms with Crippen molar-refractivity contribution in [2.45, 2.75) is 20.4 Å². The van der Waals surface area contributed by atoms with Gasteiger partial charge in [-0.2, -0.15) is 0 Å². The van der Waals surface area contributed by atoms with Crippen molar-refractivity contribution in [1.82, 2.24) is 10.1 Å². The third-order valence-electron chi connectivity index (χ3n) is 2.25. The highest BCUT2D eigenvalue weighted by Gasteiger charge is 2.20. The van der Waals surface area contributed by atoms with Gasteiger partial charge in [0, 0.05) is 13.0 Å². The number of Topliss-reactive ketones (excluding diaryl/α,β-unsaturated/α-hetero) is 1. The second kappa shape index (κ2) is 5.19. The van der Waals surface area contributed by atoms with Crippen LogP contribution in [0.25, 0.3) is 0 Å². The van der Waals surface area contributed by atoms with Crippen LogP contribution < -0.4 is 5.32 Å². The summed E-state index contributed by atoms with van der Waals surface area (Å²) in [4.78, 5) is 26.3. The van der Waals surface area contributed by atoms with Crippen molar-refractivity contribution in [3.63, 3.8) is 0 Å². The molecule has 2 aromatic rings. The molecule has 7 nitrogen and oxygen atoms in total. The Morgan fingerprint density at radius 1 is 1.53 bits per heavy atom. The predicted molar refractivity (Wildman–Crippen MR) is 67.6 cm³/mol. The van der Waals surface area contributed by atoms with E-state index in [1.807, 2.05) is 0 Å². The Morgan fingerprint density at radius 2 is 2.26 bits per heavy atom. The van der Waals surface area contributed by atoms with Crippen LogP contribution in [0.1, 0.15) is 38.5 Å². The Hall–Kier alpha value is -2.22. The molecule has 2 N–H and O–H groups in total. The number of aromatic carboxylic acids is 1. The summed E-state index contributed by atoms with van der Waals surface area (Å²) >= 11 is 1.01. The molecule has 2 rings (SSSR count). The van der Waals surface area contributed by atoms with Gasteiger partial charge in [-0.1, -0.05) is 16.5 Å². The minimum Gasteiger partial charge on any atom is -0.476 e. The molecule has 0 radical (unpaired) electrons. The molecule has 0 amide bonds. The summed E-state index contributed by atoms with van der Waals surface area (Å²) in [5.74, 6) is -0.849. The molecule has 2 aromatic heterocycles. The number of thiazole rings is 1. The van der Waals surface area contributed by atoms with E-state index in [0.29, 0.717) is 23.1 Å². The third-order valence-corrected chi connectivity index (χ3v) is 3.36. The molecule has 100 valence electrons. The van der Waals surface area contributed by atoms with Gasteiger partial charge in [-0.15, -0.1) is 0 Å². The van der Waals surface area contributed by atoms with Crippen molar-refractivity contribution in [2.75, 3.05) is 5.32 Å². The molecule has 0 atom stereocenters. The lowest BCUT2D eigenvalue weighted by atomic mass is 10.3. The lowest BCUT2D eigenvalue weighted by Gasteiger charge is -1.96. The van der Waals surface area contributed by atoms with E-state index in [4.69, 9.17) is 9.63 Å². The molecule has 0 unspecified atom stereocenters. The van der Waals surface area contributed by atoms with Crippen LogP contribution in [-0.2, 0) is 6.54 Å². The van der Waals surface area contributed by atoms with Crippen molar-refractivity contribution in [1.29, 1.82) is 0 Å². The van der Waals surface area contributed by atoms with Crippen molar-refractivity contribution in [2.24, 2.45) is 0 Å². The second-order valence-electron chi connectivity index (χ2n) is 3.84. The van der Waals surface area contributed by atoms with Gasteiger partial charge in [0.15, 0.2) is 16.6 Å². The van der Waals surface area contributed by atoms with Gasteiger partial charge in [0.25, 0.3) is 0 Å². The van der Waals surface area contributed by atoms with Gasteiger partial charge in [-0.25, -0.2) is 9.78 Å². The van der Waals surface area contributed by atoms with Gasteiger partial charge >= 0.3 is 5.97 Å². The molecule has 0 saturated carbocycles. The zero-order chi connectivity index (χ0) is 14.0. The number of carboxylic acids is 1. The van der Waals surface area contributed by atoms with E-state index >= 15 is 0 Å². The van der Waals surface area contributed by atoms with Crippen LogP contribution in [0.3, 0.4) is 0 Å². The molecule has 0 aliphatic heterocycles. The highest BCUT2D eigenvalue weighted by molar-refractivity contribution is 7.17. The average Bonchev–Trinajstić information content (AvgIpc) is 2.92. The lowest BCUT2D eigenvalue weighted by Crippen LogP contribution is -2.04. The van der Waals surface area contributed by atoms with Crippen LogP contribution in [0.2, 0.25) is 0 Å². The molecule has 0 aromatic carbocycles.